The van der Waals surface area contributed by atoms with Gasteiger partial charge < -0.3 is 19.7 Å². The summed E-state index contributed by atoms with van der Waals surface area (Å²) in [6, 6.07) is 9.08. The number of hydrogen-bond donors (Lipinski definition) is 2. The van der Waals surface area contributed by atoms with Crippen molar-refractivity contribution in [2.75, 3.05) is 13.2 Å². The molecule has 2 N–H and O–H groups in total. The molecule has 9 heteroatoms. The van der Waals surface area contributed by atoms with E-state index in [2.05, 4.69) is 26.9 Å². The van der Waals surface area contributed by atoms with Crippen molar-refractivity contribution >= 4 is 16.9 Å². The van der Waals surface area contributed by atoms with Gasteiger partial charge in [-0.1, -0.05) is 18.7 Å². The summed E-state index contributed by atoms with van der Waals surface area (Å²) < 4.78 is 7.58. The topological polar surface area (TPSA) is 109 Å². The van der Waals surface area contributed by atoms with Crippen LogP contribution in [0.4, 0.5) is 0 Å². The van der Waals surface area contributed by atoms with Crippen LogP contribution in [0.2, 0.25) is 0 Å². The number of nitrogens with zero attached hydrogens (tertiary/aromatic N) is 5. The van der Waals surface area contributed by atoms with E-state index in [0.717, 1.165) is 35.0 Å². The highest BCUT2D eigenvalue weighted by Crippen LogP contribution is 2.44. The number of rotatable bonds is 4. The third-order valence-corrected chi connectivity index (χ3v) is 7.12. The lowest BCUT2D eigenvalue weighted by Crippen LogP contribution is -2.58. The molecule has 1 aromatic carbocycles. The molecule has 5 heterocycles. The molecule has 0 aliphatic carbocycles. The molecule has 178 valence electrons. The number of amides is 1. The molecule has 2 aliphatic heterocycles. The summed E-state index contributed by atoms with van der Waals surface area (Å²) in [5.41, 5.74) is 5.00. The SMILES string of the molecule is C=CC(=O)N1C2COC[C@H]1CC(c1[nH]c3nnc(-c4ccccc4O)cc3c1-c1cnn(C)c1)C2. The smallest absolute Gasteiger partial charge is 0.246 e. The van der Waals surface area contributed by atoms with Crippen LogP contribution in [-0.4, -0.2) is 66.2 Å². The number of carbonyl (C=O) groups excluding carboxylic acids is 1. The van der Waals surface area contributed by atoms with E-state index in [0.29, 0.717) is 30.1 Å². The molecule has 2 fully saturated rings. The van der Waals surface area contributed by atoms with Crippen LogP contribution in [0.1, 0.15) is 24.5 Å². The number of hydrogen-bond acceptors (Lipinski definition) is 6. The fourth-order valence-corrected chi connectivity index (χ4v) is 5.62. The summed E-state index contributed by atoms with van der Waals surface area (Å²) in [7, 11) is 1.90. The first kappa shape index (κ1) is 21.5. The molecule has 0 spiro atoms. The van der Waals surface area contributed by atoms with Gasteiger partial charge in [-0.2, -0.15) is 5.10 Å². The van der Waals surface area contributed by atoms with Crippen molar-refractivity contribution in [3.63, 3.8) is 0 Å². The fourth-order valence-electron chi connectivity index (χ4n) is 5.62. The zero-order valence-electron chi connectivity index (χ0n) is 19.4. The molecular weight excluding hydrogens is 444 g/mol. The van der Waals surface area contributed by atoms with E-state index in [1.807, 2.05) is 42.5 Å². The Morgan fingerprint density at radius 2 is 2.00 bits per heavy atom. The van der Waals surface area contributed by atoms with Gasteiger partial charge in [-0.3, -0.25) is 9.48 Å². The van der Waals surface area contributed by atoms with E-state index in [9.17, 15) is 9.90 Å². The van der Waals surface area contributed by atoms with Crippen LogP contribution in [0.25, 0.3) is 33.4 Å². The number of piperidine rings is 1. The molecule has 6 rings (SSSR count). The lowest BCUT2D eigenvalue weighted by Gasteiger charge is -2.48. The number of phenols is 1. The van der Waals surface area contributed by atoms with E-state index >= 15 is 0 Å². The van der Waals surface area contributed by atoms with Gasteiger partial charge in [-0.25, -0.2) is 0 Å². The number of phenolic OH excluding ortho intramolecular Hbond substituents is 1. The highest BCUT2D eigenvalue weighted by Gasteiger charge is 2.42. The molecule has 2 aliphatic rings. The second kappa shape index (κ2) is 8.35. The van der Waals surface area contributed by atoms with Crippen molar-refractivity contribution in [1.82, 2.24) is 29.9 Å². The minimum atomic E-state index is -0.0379. The van der Waals surface area contributed by atoms with Crippen LogP contribution in [0.5, 0.6) is 5.75 Å². The van der Waals surface area contributed by atoms with Gasteiger partial charge in [0, 0.05) is 46.9 Å². The van der Waals surface area contributed by atoms with Crippen molar-refractivity contribution in [2.24, 2.45) is 7.05 Å². The first-order valence-electron chi connectivity index (χ1n) is 11.7. The number of ether oxygens (including phenoxy) is 1. The fraction of sp³-hybridized carbons (Fsp3) is 0.308. The Labute approximate surface area is 202 Å². The molecule has 2 unspecified atom stereocenters. The van der Waals surface area contributed by atoms with E-state index in [4.69, 9.17) is 4.74 Å². The van der Waals surface area contributed by atoms with Crippen molar-refractivity contribution < 1.29 is 14.6 Å². The summed E-state index contributed by atoms with van der Waals surface area (Å²) in [5.74, 6) is 0.303. The number of benzene rings is 1. The first-order chi connectivity index (χ1) is 17.0. The number of fused-ring (bicyclic) bond motifs is 3. The van der Waals surface area contributed by atoms with Crippen LogP contribution in [0.3, 0.4) is 0 Å². The van der Waals surface area contributed by atoms with Gasteiger partial charge >= 0.3 is 0 Å². The largest absolute Gasteiger partial charge is 0.507 e. The average Bonchev–Trinajstić information content (AvgIpc) is 3.45. The maximum atomic E-state index is 12.6. The zero-order valence-corrected chi connectivity index (χ0v) is 19.4. The summed E-state index contributed by atoms with van der Waals surface area (Å²) in [6.07, 6.45) is 6.79. The van der Waals surface area contributed by atoms with Gasteiger partial charge in [0.1, 0.15) is 5.75 Å². The summed E-state index contributed by atoms with van der Waals surface area (Å²) >= 11 is 0. The highest BCUT2D eigenvalue weighted by atomic mass is 16.5. The molecule has 0 saturated carbocycles. The molecule has 2 bridgehead atoms. The Bertz CT molecular complexity index is 1430. The number of H-pyrrole nitrogens is 1. The Kier molecular flexibility index (Phi) is 5.14. The van der Waals surface area contributed by atoms with Gasteiger partial charge in [-0.15, -0.1) is 10.2 Å². The minimum Gasteiger partial charge on any atom is -0.507 e. The molecule has 3 aromatic heterocycles. The van der Waals surface area contributed by atoms with Crippen LogP contribution in [0, 0.1) is 0 Å². The number of aryl methyl sites for hydroxylation is 1. The number of aromatic hydroxyl groups is 1. The Morgan fingerprint density at radius 1 is 1.23 bits per heavy atom. The van der Waals surface area contributed by atoms with Gasteiger partial charge in [0.2, 0.25) is 5.91 Å². The van der Waals surface area contributed by atoms with Crippen LogP contribution in [-0.2, 0) is 16.6 Å². The molecule has 9 nitrogen and oxygen atoms in total. The number of morpholine rings is 1. The Morgan fingerprint density at radius 3 is 2.69 bits per heavy atom. The maximum absolute atomic E-state index is 12.6. The number of aromatic amines is 1. The van der Waals surface area contributed by atoms with Crippen molar-refractivity contribution in [1.29, 1.82) is 0 Å². The normalized spacial score (nSPS) is 21.9. The lowest BCUT2D eigenvalue weighted by molar-refractivity contribution is -0.146. The van der Waals surface area contributed by atoms with Crippen LogP contribution >= 0.6 is 0 Å². The lowest BCUT2D eigenvalue weighted by atomic mass is 9.81. The van der Waals surface area contributed by atoms with E-state index in [1.165, 1.54) is 6.08 Å². The van der Waals surface area contributed by atoms with Crippen molar-refractivity contribution in [3.05, 3.63) is 61.1 Å². The van der Waals surface area contributed by atoms with Crippen LogP contribution < -0.4 is 0 Å². The van der Waals surface area contributed by atoms with E-state index < -0.39 is 0 Å². The molecule has 3 atom stereocenters. The van der Waals surface area contributed by atoms with Gasteiger partial charge in [0.05, 0.1) is 37.2 Å². The maximum Gasteiger partial charge on any atom is 0.246 e. The first-order valence-corrected chi connectivity index (χ1v) is 11.7. The molecule has 4 aromatic rings. The van der Waals surface area contributed by atoms with Gasteiger partial charge in [-0.05, 0) is 37.1 Å². The third kappa shape index (κ3) is 3.59. The summed E-state index contributed by atoms with van der Waals surface area (Å²) in [6.45, 7) is 4.72. The molecular formula is C26H26N6O3. The summed E-state index contributed by atoms with van der Waals surface area (Å²) in [5, 5.41) is 24.6. The number of aromatic nitrogens is 5. The standard InChI is InChI=1S/C26H26N6O3/c1-3-23(34)32-17-8-15(9-18(32)14-35-13-17)25-24(16-11-27-31(2)12-16)20-10-21(29-30-26(20)28-25)19-6-4-5-7-22(19)33/h3-7,10-12,15,17-18,33H,1,8-9,13-14H2,2H3,(H,28,30)/t15?,17-,18?/m1/s1. The third-order valence-electron chi connectivity index (χ3n) is 7.12. The predicted octanol–water partition coefficient (Wildman–Crippen LogP) is 3.39. The van der Waals surface area contributed by atoms with Crippen molar-refractivity contribution in [3.8, 4) is 28.1 Å². The zero-order chi connectivity index (χ0) is 24.1. The second-order valence-electron chi connectivity index (χ2n) is 9.29. The number of para-hydroxylation sites is 1. The number of nitrogens with one attached hydrogen (secondary N) is 1. The minimum absolute atomic E-state index is 0.00549. The van der Waals surface area contributed by atoms with E-state index in [-0.39, 0.29) is 29.7 Å². The second-order valence-corrected chi connectivity index (χ2v) is 9.29. The van der Waals surface area contributed by atoms with Gasteiger partial charge in [0.25, 0.3) is 0 Å². The average molecular weight is 471 g/mol. The Balaban J connectivity index is 1.48. The predicted molar refractivity (Wildman–Crippen MR) is 131 cm³/mol. The molecule has 0 radical (unpaired) electrons. The van der Waals surface area contributed by atoms with Gasteiger partial charge in [0.15, 0.2) is 5.65 Å². The molecule has 1 amide bonds. The highest BCUT2D eigenvalue weighted by molar-refractivity contribution is 5.97. The van der Waals surface area contributed by atoms with Crippen LogP contribution in [0.15, 0.2) is 55.4 Å². The number of carbonyl (C=O) groups is 1. The van der Waals surface area contributed by atoms with Crippen molar-refractivity contribution in [2.45, 2.75) is 30.8 Å². The van der Waals surface area contributed by atoms with E-state index in [1.54, 1.807) is 16.8 Å². The quantitative estimate of drug-likeness (QED) is 0.443. The monoisotopic (exact) mass is 470 g/mol. The summed E-state index contributed by atoms with van der Waals surface area (Å²) in [4.78, 5) is 18.0. The molecule has 2 saturated heterocycles. The Hall–Kier alpha value is -3.98. The molecule has 35 heavy (non-hydrogen) atoms.